The number of nitrogens with one attached hydrogen (secondary N) is 2. The second-order valence-corrected chi connectivity index (χ2v) is 4.85. The summed E-state index contributed by atoms with van der Waals surface area (Å²) in [6, 6.07) is 7.65. The lowest BCUT2D eigenvalue weighted by Crippen LogP contribution is -2.34. The topological polar surface area (TPSA) is 41.1 Å². The van der Waals surface area contributed by atoms with Crippen LogP contribution in [-0.4, -0.2) is 19.0 Å². The van der Waals surface area contributed by atoms with E-state index in [1.807, 2.05) is 24.3 Å². The van der Waals surface area contributed by atoms with Crippen molar-refractivity contribution in [1.82, 2.24) is 10.6 Å². The van der Waals surface area contributed by atoms with E-state index in [1.165, 1.54) is 12.8 Å². The maximum absolute atomic E-state index is 11.4. The van der Waals surface area contributed by atoms with Crippen LogP contribution in [0.4, 0.5) is 0 Å². The van der Waals surface area contributed by atoms with Crippen LogP contribution in [0.25, 0.3) is 0 Å². The molecule has 2 rings (SSSR count). The van der Waals surface area contributed by atoms with Crippen molar-refractivity contribution in [1.29, 1.82) is 0 Å². The zero-order chi connectivity index (χ0) is 12.1. The Hall–Kier alpha value is -1.06. The van der Waals surface area contributed by atoms with Crippen molar-refractivity contribution in [2.75, 3.05) is 13.1 Å². The summed E-state index contributed by atoms with van der Waals surface area (Å²) in [6.07, 6.45) is 2.51. The largest absolute Gasteiger partial charge is 0.355 e. The molecule has 0 saturated heterocycles. The third-order valence-corrected chi connectivity index (χ3v) is 3.21. The number of benzene rings is 1. The highest BCUT2D eigenvalue weighted by atomic mass is 35.5. The van der Waals surface area contributed by atoms with Crippen LogP contribution in [0.15, 0.2) is 24.3 Å². The molecule has 0 heterocycles. The van der Waals surface area contributed by atoms with Crippen LogP contribution in [0.5, 0.6) is 0 Å². The molecule has 0 bridgehead atoms. The summed E-state index contributed by atoms with van der Waals surface area (Å²) in [7, 11) is 0. The van der Waals surface area contributed by atoms with Crippen molar-refractivity contribution < 1.29 is 4.79 Å². The van der Waals surface area contributed by atoms with Gasteiger partial charge in [0.05, 0.1) is 6.54 Å². The molecule has 1 aromatic carbocycles. The SMILES string of the molecule is O=C(CNCc1ccccc1Cl)NCC1CC1. The van der Waals surface area contributed by atoms with Crippen molar-refractivity contribution in [3.05, 3.63) is 34.9 Å². The Bertz CT molecular complexity index is 391. The first kappa shape index (κ1) is 12.4. The van der Waals surface area contributed by atoms with Gasteiger partial charge in [0.2, 0.25) is 5.91 Å². The lowest BCUT2D eigenvalue weighted by atomic mass is 10.2. The summed E-state index contributed by atoms with van der Waals surface area (Å²) < 4.78 is 0. The second kappa shape index (κ2) is 6.03. The molecule has 2 N–H and O–H groups in total. The molecule has 0 aromatic heterocycles. The zero-order valence-corrected chi connectivity index (χ0v) is 10.5. The number of carbonyl (C=O) groups is 1. The molecule has 0 atom stereocenters. The molecule has 1 aliphatic rings. The molecule has 4 heteroatoms. The molecule has 92 valence electrons. The number of halogens is 1. The summed E-state index contributed by atoms with van der Waals surface area (Å²) >= 11 is 6.01. The highest BCUT2D eigenvalue weighted by Crippen LogP contribution is 2.27. The van der Waals surface area contributed by atoms with Crippen LogP contribution in [0.3, 0.4) is 0 Å². The van der Waals surface area contributed by atoms with Crippen LogP contribution in [0.1, 0.15) is 18.4 Å². The smallest absolute Gasteiger partial charge is 0.233 e. The average molecular weight is 253 g/mol. The van der Waals surface area contributed by atoms with E-state index in [9.17, 15) is 4.79 Å². The van der Waals surface area contributed by atoms with Gasteiger partial charge in [-0.25, -0.2) is 0 Å². The summed E-state index contributed by atoms with van der Waals surface area (Å²) in [4.78, 5) is 11.4. The zero-order valence-electron chi connectivity index (χ0n) is 9.71. The van der Waals surface area contributed by atoms with Gasteiger partial charge in [0.1, 0.15) is 0 Å². The van der Waals surface area contributed by atoms with Gasteiger partial charge < -0.3 is 10.6 Å². The van der Waals surface area contributed by atoms with Gasteiger partial charge in [-0.05, 0) is 30.4 Å². The molecule has 1 aliphatic carbocycles. The van der Waals surface area contributed by atoms with E-state index in [4.69, 9.17) is 11.6 Å². The Labute approximate surface area is 107 Å². The van der Waals surface area contributed by atoms with Gasteiger partial charge in [0.25, 0.3) is 0 Å². The molecular formula is C13H17ClN2O. The fourth-order valence-electron chi connectivity index (χ4n) is 1.60. The molecule has 3 nitrogen and oxygen atoms in total. The maximum Gasteiger partial charge on any atom is 0.233 e. The van der Waals surface area contributed by atoms with Crippen molar-refractivity contribution in [3.63, 3.8) is 0 Å². The number of hydrogen-bond acceptors (Lipinski definition) is 2. The lowest BCUT2D eigenvalue weighted by molar-refractivity contribution is -0.120. The van der Waals surface area contributed by atoms with E-state index in [2.05, 4.69) is 10.6 Å². The molecule has 17 heavy (non-hydrogen) atoms. The number of carbonyl (C=O) groups excluding carboxylic acids is 1. The Morgan fingerprint density at radius 3 is 2.82 bits per heavy atom. The standard InChI is InChI=1S/C13H17ClN2O/c14-12-4-2-1-3-11(12)8-15-9-13(17)16-7-10-5-6-10/h1-4,10,15H,5-9H2,(H,16,17). The van der Waals surface area contributed by atoms with Crippen molar-refractivity contribution in [3.8, 4) is 0 Å². The quantitative estimate of drug-likeness (QED) is 0.813. The summed E-state index contributed by atoms with van der Waals surface area (Å²) in [6.45, 7) is 1.79. The van der Waals surface area contributed by atoms with Gasteiger partial charge in [-0.15, -0.1) is 0 Å². The van der Waals surface area contributed by atoms with Crippen LogP contribution < -0.4 is 10.6 Å². The van der Waals surface area contributed by atoms with Gasteiger partial charge in [-0.2, -0.15) is 0 Å². The third-order valence-electron chi connectivity index (χ3n) is 2.84. The summed E-state index contributed by atoms with van der Waals surface area (Å²) in [5.41, 5.74) is 1.02. The van der Waals surface area contributed by atoms with E-state index < -0.39 is 0 Å². The number of amides is 1. The van der Waals surface area contributed by atoms with Crippen LogP contribution >= 0.6 is 11.6 Å². The first-order valence-electron chi connectivity index (χ1n) is 5.96. The van der Waals surface area contributed by atoms with Gasteiger partial charge >= 0.3 is 0 Å². The minimum Gasteiger partial charge on any atom is -0.355 e. The Kier molecular flexibility index (Phi) is 4.40. The van der Waals surface area contributed by atoms with Crippen LogP contribution in [-0.2, 0) is 11.3 Å². The normalized spacial score (nSPS) is 14.6. The molecule has 0 aliphatic heterocycles. The summed E-state index contributed by atoms with van der Waals surface area (Å²) in [5.74, 6) is 0.784. The molecule has 0 spiro atoms. The molecular weight excluding hydrogens is 236 g/mol. The van der Waals surface area contributed by atoms with Crippen molar-refractivity contribution in [2.45, 2.75) is 19.4 Å². The number of rotatable bonds is 6. The molecule has 0 unspecified atom stereocenters. The van der Waals surface area contributed by atoms with Gasteiger partial charge in [-0.1, -0.05) is 29.8 Å². The molecule has 1 amide bonds. The highest BCUT2D eigenvalue weighted by molar-refractivity contribution is 6.31. The third kappa shape index (κ3) is 4.36. The van der Waals surface area contributed by atoms with Gasteiger partial charge in [0.15, 0.2) is 0 Å². The lowest BCUT2D eigenvalue weighted by Gasteiger charge is -2.07. The van der Waals surface area contributed by atoms with E-state index >= 15 is 0 Å². The van der Waals surface area contributed by atoms with Crippen LogP contribution in [0.2, 0.25) is 5.02 Å². The van der Waals surface area contributed by atoms with Crippen molar-refractivity contribution in [2.24, 2.45) is 5.92 Å². The fraction of sp³-hybridized carbons (Fsp3) is 0.462. The fourth-order valence-corrected chi connectivity index (χ4v) is 1.80. The van der Waals surface area contributed by atoms with Crippen molar-refractivity contribution >= 4 is 17.5 Å². The highest BCUT2D eigenvalue weighted by Gasteiger charge is 2.21. The van der Waals surface area contributed by atoms with Gasteiger partial charge in [-0.3, -0.25) is 4.79 Å². The van der Waals surface area contributed by atoms with Crippen LogP contribution in [0, 0.1) is 5.92 Å². The molecule has 1 saturated carbocycles. The summed E-state index contributed by atoms with van der Waals surface area (Å²) in [5, 5.41) is 6.74. The molecule has 0 radical (unpaired) electrons. The second-order valence-electron chi connectivity index (χ2n) is 4.44. The van der Waals surface area contributed by atoms with Gasteiger partial charge in [0, 0.05) is 18.1 Å². The maximum atomic E-state index is 11.4. The Morgan fingerprint density at radius 1 is 1.35 bits per heavy atom. The van der Waals surface area contributed by atoms with E-state index in [-0.39, 0.29) is 5.91 Å². The first-order valence-corrected chi connectivity index (χ1v) is 6.34. The number of hydrogen-bond donors (Lipinski definition) is 2. The monoisotopic (exact) mass is 252 g/mol. The Balaban J connectivity index is 1.64. The minimum absolute atomic E-state index is 0.0592. The molecule has 1 aromatic rings. The van der Waals surface area contributed by atoms with E-state index in [1.54, 1.807) is 0 Å². The van der Waals surface area contributed by atoms with E-state index in [0.717, 1.165) is 23.0 Å². The first-order chi connectivity index (χ1) is 8.25. The predicted molar refractivity (Wildman–Crippen MR) is 68.9 cm³/mol. The molecule has 1 fully saturated rings. The minimum atomic E-state index is 0.0592. The average Bonchev–Trinajstić information content (AvgIpc) is 3.13. The van der Waals surface area contributed by atoms with E-state index in [0.29, 0.717) is 13.1 Å². The Morgan fingerprint density at radius 2 is 2.12 bits per heavy atom. The predicted octanol–water partition coefficient (Wildman–Crippen LogP) is 1.96.